The number of unbranched alkanes of at least 4 members (excludes halogenated alkanes) is 6. The quantitative estimate of drug-likeness (QED) is 0.184. The van der Waals surface area contributed by atoms with Crippen LogP contribution >= 0.6 is 0 Å². The average Bonchev–Trinajstić information content (AvgIpc) is 2.73. The minimum absolute atomic E-state index is 0.119. The monoisotopic (exact) mass is 423 g/mol. The molecule has 0 aromatic rings. The van der Waals surface area contributed by atoms with Crippen LogP contribution < -0.4 is 10.6 Å². The lowest BCUT2D eigenvalue weighted by Gasteiger charge is -2.21. The Balaban J connectivity index is 3.72. The normalized spacial score (nSPS) is 10.7. The molecule has 6 nitrogen and oxygen atoms in total. The van der Waals surface area contributed by atoms with Gasteiger partial charge in [0.15, 0.2) is 0 Å². The van der Waals surface area contributed by atoms with Crippen LogP contribution in [0.5, 0.6) is 0 Å². The van der Waals surface area contributed by atoms with Crippen LogP contribution in [0.15, 0.2) is 25.3 Å². The molecule has 2 amide bonds. The Morgan fingerprint density at radius 3 is 1.57 bits per heavy atom. The van der Waals surface area contributed by atoms with E-state index in [-0.39, 0.29) is 18.4 Å². The number of aliphatic hydroxyl groups is 1. The van der Waals surface area contributed by atoms with Gasteiger partial charge >= 0.3 is 0 Å². The maximum Gasteiger partial charge on any atom is 0.219 e. The first kappa shape index (κ1) is 28.3. The second kappa shape index (κ2) is 22.0. The maximum absolute atomic E-state index is 11.8. The Morgan fingerprint density at radius 2 is 1.17 bits per heavy atom. The summed E-state index contributed by atoms with van der Waals surface area (Å²) in [6, 6.07) is 0. The zero-order chi connectivity index (χ0) is 22.3. The highest BCUT2D eigenvalue weighted by atomic mass is 16.3. The summed E-state index contributed by atoms with van der Waals surface area (Å²) >= 11 is 0. The molecule has 0 heterocycles. The summed E-state index contributed by atoms with van der Waals surface area (Å²) < 4.78 is 0. The molecule has 0 unspecified atom stereocenters. The molecular formula is C24H45N3O3. The van der Waals surface area contributed by atoms with E-state index < -0.39 is 0 Å². The van der Waals surface area contributed by atoms with Crippen molar-refractivity contribution in [1.82, 2.24) is 15.5 Å². The molecule has 6 heteroatoms. The van der Waals surface area contributed by atoms with Crippen LogP contribution in [0.4, 0.5) is 0 Å². The predicted octanol–water partition coefficient (Wildman–Crippen LogP) is 3.57. The van der Waals surface area contributed by atoms with Crippen molar-refractivity contribution in [2.24, 2.45) is 0 Å². The summed E-state index contributed by atoms with van der Waals surface area (Å²) in [4.78, 5) is 25.8. The van der Waals surface area contributed by atoms with Gasteiger partial charge < -0.3 is 20.6 Å². The number of rotatable bonds is 22. The molecule has 30 heavy (non-hydrogen) atoms. The molecule has 0 aliphatic heterocycles. The van der Waals surface area contributed by atoms with Crippen LogP contribution in [0.2, 0.25) is 0 Å². The number of carbonyl (C=O) groups is 2. The minimum atomic E-state index is 0.119. The van der Waals surface area contributed by atoms with E-state index in [0.29, 0.717) is 32.5 Å². The predicted molar refractivity (Wildman–Crippen MR) is 125 cm³/mol. The van der Waals surface area contributed by atoms with Gasteiger partial charge in [0, 0.05) is 32.5 Å². The Labute approximate surface area is 184 Å². The summed E-state index contributed by atoms with van der Waals surface area (Å²) in [5, 5.41) is 15.2. The molecule has 0 radical (unpaired) electrons. The molecule has 0 aromatic carbocycles. The number of nitrogens with one attached hydrogen (secondary N) is 2. The molecule has 174 valence electrons. The van der Waals surface area contributed by atoms with Crippen molar-refractivity contribution < 1.29 is 14.7 Å². The van der Waals surface area contributed by atoms with Crippen LogP contribution in [0.1, 0.15) is 77.0 Å². The topological polar surface area (TPSA) is 81.7 Å². The van der Waals surface area contributed by atoms with Crippen molar-refractivity contribution in [3.8, 4) is 0 Å². The second-order valence-electron chi connectivity index (χ2n) is 7.75. The molecule has 3 N–H and O–H groups in total. The highest BCUT2D eigenvalue weighted by Crippen LogP contribution is 2.04. The van der Waals surface area contributed by atoms with E-state index in [1.807, 2.05) is 12.2 Å². The summed E-state index contributed by atoms with van der Waals surface area (Å²) in [5.41, 5.74) is 0. The maximum atomic E-state index is 11.8. The van der Waals surface area contributed by atoms with Crippen LogP contribution in [0.3, 0.4) is 0 Å². The molecule has 0 aliphatic carbocycles. The fraction of sp³-hybridized carbons (Fsp3) is 0.750. The Morgan fingerprint density at radius 1 is 0.700 bits per heavy atom. The molecule has 0 aromatic heterocycles. The summed E-state index contributed by atoms with van der Waals surface area (Å²) in [7, 11) is 0. The lowest BCUT2D eigenvalue weighted by Crippen LogP contribution is -2.34. The molecule has 0 rings (SSSR count). The highest BCUT2D eigenvalue weighted by molar-refractivity contribution is 5.76. The summed E-state index contributed by atoms with van der Waals surface area (Å²) in [6.07, 6.45) is 14.9. The van der Waals surface area contributed by atoms with E-state index in [4.69, 9.17) is 0 Å². The average molecular weight is 424 g/mol. The Kier molecular flexibility index (Phi) is 20.8. The first-order chi connectivity index (χ1) is 14.6. The van der Waals surface area contributed by atoms with Crippen LogP contribution in [-0.4, -0.2) is 61.2 Å². The zero-order valence-corrected chi connectivity index (χ0v) is 19.0. The number of allylic oxidation sites excluding steroid dienone is 2. The van der Waals surface area contributed by atoms with Gasteiger partial charge in [-0.15, -0.1) is 13.2 Å². The van der Waals surface area contributed by atoms with E-state index in [1.165, 1.54) is 0 Å². The first-order valence-corrected chi connectivity index (χ1v) is 11.7. The second-order valence-corrected chi connectivity index (χ2v) is 7.75. The van der Waals surface area contributed by atoms with Crippen molar-refractivity contribution in [2.75, 3.05) is 39.3 Å². The summed E-state index contributed by atoms with van der Waals surface area (Å²) in [6.45, 7) is 11.1. The molecule has 0 spiro atoms. The number of hydrogen-bond donors (Lipinski definition) is 3. The number of amides is 2. The van der Waals surface area contributed by atoms with Gasteiger partial charge in [-0.05, 0) is 64.5 Å². The zero-order valence-electron chi connectivity index (χ0n) is 19.0. The third kappa shape index (κ3) is 19.6. The van der Waals surface area contributed by atoms with Gasteiger partial charge in [0.05, 0.1) is 6.61 Å². The fourth-order valence-electron chi connectivity index (χ4n) is 3.22. The fourth-order valence-corrected chi connectivity index (χ4v) is 3.22. The number of carbonyl (C=O) groups excluding carboxylic acids is 2. The van der Waals surface area contributed by atoms with Crippen molar-refractivity contribution in [2.45, 2.75) is 77.0 Å². The van der Waals surface area contributed by atoms with Crippen LogP contribution in [0.25, 0.3) is 0 Å². The number of nitrogens with zero attached hydrogens (tertiary/aromatic N) is 1. The van der Waals surface area contributed by atoms with Crippen LogP contribution in [0, 0.1) is 0 Å². The van der Waals surface area contributed by atoms with E-state index in [0.717, 1.165) is 77.3 Å². The van der Waals surface area contributed by atoms with Crippen molar-refractivity contribution in [3.63, 3.8) is 0 Å². The molecule has 0 saturated carbocycles. The standard InChI is InChI=1S/C24H45N3O3/c1-3-5-7-9-11-15-23(29)25-17-13-19-27(21-22-28)20-14-18-26-24(30)16-12-10-8-6-4-2/h3-4,28H,1-2,5-22H2,(H,25,29)(H,26,30). The largest absolute Gasteiger partial charge is 0.395 e. The lowest BCUT2D eigenvalue weighted by molar-refractivity contribution is -0.122. The minimum Gasteiger partial charge on any atom is -0.395 e. The van der Waals surface area contributed by atoms with Gasteiger partial charge in [0.25, 0.3) is 0 Å². The van der Waals surface area contributed by atoms with Crippen molar-refractivity contribution >= 4 is 11.8 Å². The lowest BCUT2D eigenvalue weighted by atomic mass is 10.1. The molecule has 0 fully saturated rings. The van der Waals surface area contributed by atoms with Gasteiger partial charge in [-0.1, -0.05) is 25.0 Å². The molecule has 0 aliphatic rings. The van der Waals surface area contributed by atoms with E-state index >= 15 is 0 Å². The Bertz CT molecular complexity index is 417. The van der Waals surface area contributed by atoms with Gasteiger partial charge in [-0.2, -0.15) is 0 Å². The van der Waals surface area contributed by atoms with E-state index in [1.54, 1.807) is 0 Å². The van der Waals surface area contributed by atoms with Gasteiger partial charge in [-0.25, -0.2) is 0 Å². The van der Waals surface area contributed by atoms with Gasteiger partial charge in [0.2, 0.25) is 11.8 Å². The third-order valence-corrected chi connectivity index (χ3v) is 4.99. The summed E-state index contributed by atoms with van der Waals surface area (Å²) in [5.74, 6) is 0.240. The van der Waals surface area contributed by atoms with Gasteiger partial charge in [0.1, 0.15) is 0 Å². The smallest absolute Gasteiger partial charge is 0.219 e. The first-order valence-electron chi connectivity index (χ1n) is 11.7. The van der Waals surface area contributed by atoms with Crippen molar-refractivity contribution in [1.29, 1.82) is 0 Å². The number of hydrogen-bond acceptors (Lipinski definition) is 4. The third-order valence-electron chi connectivity index (χ3n) is 4.99. The van der Waals surface area contributed by atoms with Crippen molar-refractivity contribution in [3.05, 3.63) is 25.3 Å². The molecular weight excluding hydrogens is 378 g/mol. The van der Waals surface area contributed by atoms with E-state index in [2.05, 4.69) is 28.7 Å². The van der Waals surface area contributed by atoms with Gasteiger partial charge in [-0.3, -0.25) is 9.59 Å². The van der Waals surface area contributed by atoms with E-state index in [9.17, 15) is 14.7 Å². The molecule has 0 saturated heterocycles. The molecule has 0 bridgehead atoms. The highest BCUT2D eigenvalue weighted by Gasteiger charge is 2.06. The van der Waals surface area contributed by atoms with Crippen LogP contribution in [-0.2, 0) is 9.59 Å². The SMILES string of the molecule is C=CCCCCCC(=O)NCCCN(CCO)CCCNC(=O)CCCCCC=C. The Hall–Kier alpha value is -1.66. The molecule has 0 atom stereocenters. The number of aliphatic hydroxyl groups excluding tert-OH is 1.